The summed E-state index contributed by atoms with van der Waals surface area (Å²) < 4.78 is 5.71. The van der Waals surface area contributed by atoms with Crippen LogP contribution in [0.25, 0.3) is 21.9 Å². The lowest BCUT2D eigenvalue weighted by Gasteiger charge is -1.95. The van der Waals surface area contributed by atoms with Gasteiger partial charge in [0.15, 0.2) is 0 Å². The van der Waals surface area contributed by atoms with E-state index in [0.717, 1.165) is 27.5 Å². The molecule has 0 amide bonds. The van der Waals surface area contributed by atoms with Crippen LogP contribution < -0.4 is 0 Å². The third-order valence-electron chi connectivity index (χ3n) is 2.66. The van der Waals surface area contributed by atoms with Gasteiger partial charge in [-0.25, -0.2) is 0 Å². The standard InChI is InChI=1S/C13H10O2/c14-8-9-4-3-6-11-10-5-1-2-7-12(10)15-13(9)11/h1-7,14H,8H2. The lowest BCUT2D eigenvalue weighted by Crippen LogP contribution is -1.81. The van der Waals surface area contributed by atoms with Crippen LogP contribution in [0.1, 0.15) is 5.56 Å². The number of benzene rings is 2. The highest BCUT2D eigenvalue weighted by molar-refractivity contribution is 6.05. The second-order valence-electron chi connectivity index (χ2n) is 3.55. The van der Waals surface area contributed by atoms with Gasteiger partial charge in [-0.2, -0.15) is 0 Å². The second-order valence-corrected chi connectivity index (χ2v) is 3.55. The maximum atomic E-state index is 9.20. The minimum atomic E-state index is 0.0111. The number of hydrogen-bond acceptors (Lipinski definition) is 2. The normalized spacial score (nSPS) is 11.3. The van der Waals surface area contributed by atoms with Gasteiger partial charge in [0, 0.05) is 16.3 Å². The van der Waals surface area contributed by atoms with Crippen molar-refractivity contribution in [3.05, 3.63) is 48.0 Å². The molecule has 1 N–H and O–H groups in total. The molecule has 15 heavy (non-hydrogen) atoms. The van der Waals surface area contributed by atoms with Crippen molar-refractivity contribution >= 4 is 21.9 Å². The topological polar surface area (TPSA) is 33.4 Å². The first-order chi connectivity index (χ1) is 7.40. The number of para-hydroxylation sites is 2. The summed E-state index contributed by atoms with van der Waals surface area (Å²) >= 11 is 0. The number of rotatable bonds is 1. The molecular formula is C13H10O2. The van der Waals surface area contributed by atoms with E-state index in [2.05, 4.69) is 0 Å². The molecule has 0 atom stereocenters. The number of furan rings is 1. The van der Waals surface area contributed by atoms with Crippen LogP contribution in [0.15, 0.2) is 46.9 Å². The Kier molecular flexibility index (Phi) is 1.76. The summed E-state index contributed by atoms with van der Waals surface area (Å²) in [7, 11) is 0. The average molecular weight is 198 g/mol. The van der Waals surface area contributed by atoms with Gasteiger partial charge in [-0.3, -0.25) is 0 Å². The Balaban J connectivity index is 2.53. The quantitative estimate of drug-likeness (QED) is 0.651. The van der Waals surface area contributed by atoms with Crippen molar-refractivity contribution in [3.63, 3.8) is 0 Å². The van der Waals surface area contributed by atoms with E-state index in [4.69, 9.17) is 4.42 Å². The van der Waals surface area contributed by atoms with Crippen LogP contribution in [0.3, 0.4) is 0 Å². The molecule has 0 fully saturated rings. The third-order valence-corrected chi connectivity index (χ3v) is 2.66. The molecule has 0 aliphatic heterocycles. The molecule has 0 saturated carbocycles. The molecule has 0 spiro atoms. The smallest absolute Gasteiger partial charge is 0.140 e. The fraction of sp³-hybridized carbons (Fsp3) is 0.0769. The molecular weight excluding hydrogens is 188 g/mol. The highest BCUT2D eigenvalue weighted by Gasteiger charge is 2.08. The average Bonchev–Trinajstić information content (AvgIpc) is 2.67. The first-order valence-corrected chi connectivity index (χ1v) is 4.90. The maximum absolute atomic E-state index is 9.20. The number of aliphatic hydroxyl groups is 1. The third kappa shape index (κ3) is 1.15. The van der Waals surface area contributed by atoms with Gasteiger partial charge in [0.1, 0.15) is 11.2 Å². The van der Waals surface area contributed by atoms with Crippen molar-refractivity contribution < 1.29 is 9.52 Å². The lowest BCUT2D eigenvalue weighted by atomic mass is 10.1. The van der Waals surface area contributed by atoms with Gasteiger partial charge < -0.3 is 9.52 Å². The Morgan fingerprint density at radius 2 is 1.73 bits per heavy atom. The molecule has 0 radical (unpaired) electrons. The predicted molar refractivity (Wildman–Crippen MR) is 59.6 cm³/mol. The van der Waals surface area contributed by atoms with E-state index in [0.29, 0.717) is 0 Å². The van der Waals surface area contributed by atoms with Crippen molar-refractivity contribution in [2.24, 2.45) is 0 Å². The van der Waals surface area contributed by atoms with Gasteiger partial charge in [-0.15, -0.1) is 0 Å². The van der Waals surface area contributed by atoms with Crippen molar-refractivity contribution in [3.8, 4) is 0 Å². The molecule has 0 bridgehead atoms. The minimum Gasteiger partial charge on any atom is -0.456 e. The molecule has 2 aromatic carbocycles. The molecule has 3 rings (SSSR count). The predicted octanol–water partition coefficient (Wildman–Crippen LogP) is 3.08. The van der Waals surface area contributed by atoms with Crippen LogP contribution in [0.4, 0.5) is 0 Å². The first kappa shape index (κ1) is 8.50. The van der Waals surface area contributed by atoms with E-state index in [9.17, 15) is 5.11 Å². The van der Waals surface area contributed by atoms with Crippen molar-refractivity contribution in [2.45, 2.75) is 6.61 Å². The molecule has 1 aromatic heterocycles. The molecule has 0 unspecified atom stereocenters. The fourth-order valence-corrected chi connectivity index (χ4v) is 1.93. The molecule has 3 aromatic rings. The largest absolute Gasteiger partial charge is 0.456 e. The van der Waals surface area contributed by atoms with Crippen molar-refractivity contribution in [2.75, 3.05) is 0 Å². The highest BCUT2D eigenvalue weighted by Crippen LogP contribution is 2.30. The Morgan fingerprint density at radius 1 is 0.933 bits per heavy atom. The summed E-state index contributed by atoms with van der Waals surface area (Å²) in [6.07, 6.45) is 0. The van der Waals surface area contributed by atoms with Crippen molar-refractivity contribution in [1.29, 1.82) is 0 Å². The van der Waals surface area contributed by atoms with Crippen LogP contribution in [-0.4, -0.2) is 5.11 Å². The van der Waals surface area contributed by atoms with E-state index in [1.54, 1.807) is 0 Å². The molecule has 0 aliphatic carbocycles. The zero-order chi connectivity index (χ0) is 10.3. The zero-order valence-electron chi connectivity index (χ0n) is 8.10. The molecule has 0 saturated heterocycles. The Bertz CT molecular complexity index is 623. The second kappa shape index (κ2) is 3.11. The summed E-state index contributed by atoms with van der Waals surface area (Å²) in [4.78, 5) is 0. The minimum absolute atomic E-state index is 0.0111. The van der Waals surface area contributed by atoms with Gasteiger partial charge in [-0.05, 0) is 6.07 Å². The lowest BCUT2D eigenvalue weighted by molar-refractivity contribution is 0.282. The van der Waals surface area contributed by atoms with Gasteiger partial charge >= 0.3 is 0 Å². The van der Waals surface area contributed by atoms with Crippen molar-refractivity contribution in [1.82, 2.24) is 0 Å². The molecule has 1 heterocycles. The fourth-order valence-electron chi connectivity index (χ4n) is 1.93. The Hall–Kier alpha value is -1.80. The van der Waals surface area contributed by atoms with Gasteiger partial charge in [0.25, 0.3) is 0 Å². The summed E-state index contributed by atoms with van der Waals surface area (Å²) in [5, 5.41) is 11.4. The number of aliphatic hydroxyl groups excluding tert-OH is 1. The maximum Gasteiger partial charge on any atom is 0.140 e. The van der Waals surface area contributed by atoms with Gasteiger partial charge in [0.05, 0.1) is 6.61 Å². The summed E-state index contributed by atoms with van der Waals surface area (Å²) in [5.41, 5.74) is 2.50. The van der Waals surface area contributed by atoms with E-state index in [1.165, 1.54) is 0 Å². The van der Waals surface area contributed by atoms with Gasteiger partial charge in [0.2, 0.25) is 0 Å². The van der Waals surface area contributed by atoms with E-state index < -0.39 is 0 Å². The summed E-state index contributed by atoms with van der Waals surface area (Å²) in [5.74, 6) is 0. The SMILES string of the molecule is OCc1cccc2c1oc1ccccc12. The highest BCUT2D eigenvalue weighted by atomic mass is 16.3. The van der Waals surface area contributed by atoms with Crippen LogP contribution in [0.2, 0.25) is 0 Å². The van der Waals surface area contributed by atoms with Crippen LogP contribution in [0.5, 0.6) is 0 Å². The van der Waals surface area contributed by atoms with E-state index in [1.807, 2.05) is 42.5 Å². The van der Waals surface area contributed by atoms with E-state index >= 15 is 0 Å². The summed E-state index contributed by atoms with van der Waals surface area (Å²) in [6, 6.07) is 13.7. The molecule has 0 aliphatic rings. The van der Waals surface area contributed by atoms with E-state index in [-0.39, 0.29) is 6.61 Å². The van der Waals surface area contributed by atoms with Crippen LogP contribution in [-0.2, 0) is 6.61 Å². The number of hydrogen-bond donors (Lipinski definition) is 1. The van der Waals surface area contributed by atoms with Gasteiger partial charge in [-0.1, -0.05) is 36.4 Å². The Labute approximate surface area is 86.7 Å². The Morgan fingerprint density at radius 3 is 2.60 bits per heavy atom. The molecule has 2 heteroatoms. The zero-order valence-corrected chi connectivity index (χ0v) is 8.10. The number of fused-ring (bicyclic) bond motifs is 3. The molecule has 74 valence electrons. The first-order valence-electron chi connectivity index (χ1n) is 4.90. The van der Waals surface area contributed by atoms with Crippen LogP contribution in [0, 0.1) is 0 Å². The monoisotopic (exact) mass is 198 g/mol. The van der Waals surface area contributed by atoms with Crippen LogP contribution >= 0.6 is 0 Å². The summed E-state index contributed by atoms with van der Waals surface area (Å²) in [6.45, 7) is 0.0111. The molecule has 2 nitrogen and oxygen atoms in total.